The number of phenols is 1. The Morgan fingerprint density at radius 2 is 1.02 bits per heavy atom. The number of carbonyl (C=O) groups excluding carboxylic acids is 4. The van der Waals surface area contributed by atoms with Gasteiger partial charge in [0.15, 0.2) is 11.5 Å². The van der Waals surface area contributed by atoms with Crippen LogP contribution in [0.3, 0.4) is 0 Å². The van der Waals surface area contributed by atoms with Gasteiger partial charge in [-0.15, -0.1) is 0 Å². The Morgan fingerprint density at radius 1 is 0.579 bits per heavy atom. The number of rotatable bonds is 4. The quantitative estimate of drug-likeness (QED) is 0.161. The number of alkyl halides is 12. The lowest BCUT2D eigenvalue weighted by Gasteiger charge is -2.44. The van der Waals surface area contributed by atoms with Crippen LogP contribution in [0.1, 0.15) is 46.6 Å². The molecule has 2 aliphatic heterocycles. The van der Waals surface area contributed by atoms with Crippen LogP contribution in [0.4, 0.5) is 64.1 Å². The molecule has 7 rings (SSSR count). The Hall–Kier alpha value is -5.56. The first-order valence-corrected chi connectivity index (χ1v) is 16.7. The Morgan fingerprint density at radius 3 is 1.46 bits per heavy atom. The summed E-state index contributed by atoms with van der Waals surface area (Å²) in [5, 5.41) is 10.3. The van der Waals surface area contributed by atoms with Crippen LogP contribution in [-0.4, -0.2) is 35.8 Å². The number of halogens is 12. The number of fused-ring (bicyclic) bond motifs is 4. The van der Waals surface area contributed by atoms with Gasteiger partial charge in [0.2, 0.25) is 23.6 Å². The van der Waals surface area contributed by atoms with Gasteiger partial charge in [-0.05, 0) is 72.9 Å². The van der Waals surface area contributed by atoms with Crippen molar-refractivity contribution in [2.24, 2.45) is 29.6 Å². The third kappa shape index (κ3) is 6.55. The van der Waals surface area contributed by atoms with Crippen molar-refractivity contribution in [1.82, 2.24) is 0 Å². The minimum Gasteiger partial charge on any atom is -0.504 e. The van der Waals surface area contributed by atoms with Crippen molar-refractivity contribution in [2.45, 2.75) is 43.5 Å². The molecule has 0 spiro atoms. The highest BCUT2D eigenvalue weighted by atomic mass is 19.4. The molecule has 2 aliphatic carbocycles. The summed E-state index contributed by atoms with van der Waals surface area (Å²) in [5.41, 5.74) is -9.12. The van der Waals surface area contributed by atoms with E-state index in [0.717, 1.165) is 13.2 Å². The number of hydrogen-bond acceptors (Lipinski definition) is 6. The van der Waals surface area contributed by atoms with E-state index in [0.29, 0.717) is 0 Å². The van der Waals surface area contributed by atoms with E-state index in [1.165, 1.54) is 18.2 Å². The molecular formula is C37H24F12N2O6. The van der Waals surface area contributed by atoms with Gasteiger partial charge < -0.3 is 9.84 Å². The first-order chi connectivity index (χ1) is 26.3. The lowest BCUT2D eigenvalue weighted by atomic mass is 9.57. The van der Waals surface area contributed by atoms with Crippen molar-refractivity contribution in [1.29, 1.82) is 0 Å². The molecule has 302 valence electrons. The minimum absolute atomic E-state index is 0.110. The van der Waals surface area contributed by atoms with E-state index in [9.17, 15) is 77.0 Å². The predicted octanol–water partition coefficient (Wildman–Crippen LogP) is 8.52. The van der Waals surface area contributed by atoms with Crippen molar-refractivity contribution >= 4 is 35.0 Å². The summed E-state index contributed by atoms with van der Waals surface area (Å²) < 4.78 is 171. The Kier molecular flexibility index (Phi) is 9.04. The van der Waals surface area contributed by atoms with Gasteiger partial charge in [-0.1, -0.05) is 17.7 Å². The molecule has 3 aromatic carbocycles. The van der Waals surface area contributed by atoms with Gasteiger partial charge >= 0.3 is 24.7 Å². The van der Waals surface area contributed by atoms with Gasteiger partial charge in [0, 0.05) is 5.92 Å². The molecule has 3 fully saturated rings. The van der Waals surface area contributed by atoms with Gasteiger partial charge in [-0.3, -0.25) is 19.2 Å². The van der Waals surface area contributed by atoms with E-state index in [2.05, 4.69) is 0 Å². The normalized spacial score (nSPS) is 25.4. The molecule has 1 saturated carbocycles. The fourth-order valence-electron chi connectivity index (χ4n) is 8.50. The largest absolute Gasteiger partial charge is 0.504 e. The summed E-state index contributed by atoms with van der Waals surface area (Å²) in [7, 11) is 1.16. The molecule has 57 heavy (non-hydrogen) atoms. The van der Waals surface area contributed by atoms with E-state index in [-0.39, 0.29) is 69.5 Å². The molecule has 6 atom stereocenters. The number of nitrogens with zero attached hydrogens (tertiary/aromatic N) is 2. The molecule has 1 N–H and O–H groups in total. The number of phenolic OH excluding ortho intramolecular Hbond substituents is 1. The zero-order chi connectivity index (χ0) is 41.9. The van der Waals surface area contributed by atoms with Gasteiger partial charge in [-0.2, -0.15) is 52.7 Å². The summed E-state index contributed by atoms with van der Waals surface area (Å²) in [6, 6.07) is 3.98. The van der Waals surface area contributed by atoms with E-state index >= 15 is 0 Å². The maximum atomic E-state index is 14.3. The highest BCUT2D eigenvalue weighted by Gasteiger charge is 2.63. The fourth-order valence-corrected chi connectivity index (χ4v) is 8.50. The van der Waals surface area contributed by atoms with Crippen molar-refractivity contribution in [2.75, 3.05) is 16.9 Å². The summed E-state index contributed by atoms with van der Waals surface area (Å²) >= 11 is 0. The van der Waals surface area contributed by atoms with Crippen LogP contribution >= 0.6 is 0 Å². The summed E-state index contributed by atoms with van der Waals surface area (Å²) in [6.45, 7) is 0. The molecule has 0 aromatic heterocycles. The fraction of sp³-hybridized carbons (Fsp3) is 0.351. The summed E-state index contributed by atoms with van der Waals surface area (Å²) in [4.78, 5) is 56.8. The van der Waals surface area contributed by atoms with Gasteiger partial charge in [0.05, 0.1) is 64.4 Å². The number of imide groups is 2. The van der Waals surface area contributed by atoms with Crippen molar-refractivity contribution in [3.8, 4) is 11.5 Å². The second kappa shape index (κ2) is 13.0. The third-order valence-electron chi connectivity index (χ3n) is 10.9. The van der Waals surface area contributed by atoms with Crippen molar-refractivity contribution in [3.05, 3.63) is 94.1 Å². The number of allylic oxidation sites excluding steroid dienone is 2. The summed E-state index contributed by atoms with van der Waals surface area (Å²) in [6.07, 6.45) is -20.9. The molecule has 6 unspecified atom stereocenters. The van der Waals surface area contributed by atoms with E-state index < -0.39 is 130 Å². The first kappa shape index (κ1) is 39.7. The topological polar surface area (TPSA) is 104 Å². The van der Waals surface area contributed by atoms with E-state index in [1.807, 2.05) is 0 Å². The zero-order valence-corrected chi connectivity index (χ0v) is 28.6. The molecule has 4 aliphatic rings. The Balaban J connectivity index is 1.36. The predicted molar refractivity (Wildman–Crippen MR) is 170 cm³/mol. The van der Waals surface area contributed by atoms with Crippen LogP contribution in [0, 0.1) is 29.6 Å². The average Bonchev–Trinajstić information content (AvgIpc) is 3.52. The molecule has 4 amide bonds. The third-order valence-corrected chi connectivity index (χ3v) is 10.9. The molecular weight excluding hydrogens is 796 g/mol. The SMILES string of the molecule is COc1cc(C2C3=CCC4C(=O)N(c5cc(C(F)(F)F)cc(C(F)(F)F)c5)C(=O)C4C3CC3C(=O)N(c4cc(C(F)(F)F)cc(C(F)(F)F)c4)C(=O)C32)ccc1O. The van der Waals surface area contributed by atoms with Crippen LogP contribution in [0.15, 0.2) is 66.2 Å². The van der Waals surface area contributed by atoms with Crippen LogP contribution in [0.2, 0.25) is 0 Å². The van der Waals surface area contributed by atoms with E-state index in [4.69, 9.17) is 4.74 Å². The molecule has 2 saturated heterocycles. The number of methoxy groups -OCH3 is 1. The van der Waals surface area contributed by atoms with Gasteiger partial charge in [0.1, 0.15) is 0 Å². The van der Waals surface area contributed by atoms with Crippen LogP contribution in [0.25, 0.3) is 0 Å². The Labute approximate surface area is 312 Å². The van der Waals surface area contributed by atoms with Crippen LogP contribution in [0.5, 0.6) is 11.5 Å². The molecule has 0 bridgehead atoms. The highest BCUT2D eigenvalue weighted by molar-refractivity contribution is 6.24. The van der Waals surface area contributed by atoms with Crippen LogP contribution in [-0.2, 0) is 43.9 Å². The second-order valence-electron chi connectivity index (χ2n) is 14.0. The number of anilines is 2. The number of hydrogen-bond donors (Lipinski definition) is 1. The monoisotopic (exact) mass is 820 g/mol. The van der Waals surface area contributed by atoms with Crippen LogP contribution < -0.4 is 14.5 Å². The number of carbonyl (C=O) groups is 4. The number of amides is 4. The van der Waals surface area contributed by atoms with Crippen molar-refractivity contribution in [3.63, 3.8) is 0 Å². The molecule has 0 radical (unpaired) electrons. The number of ether oxygens (including phenoxy) is 1. The Bertz CT molecular complexity index is 2200. The maximum Gasteiger partial charge on any atom is 0.416 e. The number of aromatic hydroxyl groups is 1. The standard InChI is InChI=1S/C37H24F12N2O6/c1-57-26-6-14(2-5-25(26)52)27-21-3-4-22-28(32(55)50(30(22)53)19-9-15(34(38,39)40)7-16(10-19)35(41,42)43)23(21)13-24-29(27)33(56)51(31(24)54)20-11-17(36(44,45)46)8-18(12-20)37(47,48)49/h2-3,5-12,22-24,27-29,52H,4,13H2,1H3. The lowest BCUT2D eigenvalue weighted by Crippen LogP contribution is -2.43. The van der Waals surface area contributed by atoms with Gasteiger partial charge in [0.25, 0.3) is 0 Å². The molecule has 20 heteroatoms. The molecule has 8 nitrogen and oxygen atoms in total. The molecule has 3 aromatic rings. The lowest BCUT2D eigenvalue weighted by molar-refractivity contribution is -0.144. The zero-order valence-electron chi connectivity index (χ0n) is 28.6. The molecule has 2 heterocycles. The maximum absolute atomic E-state index is 14.3. The smallest absolute Gasteiger partial charge is 0.416 e. The van der Waals surface area contributed by atoms with E-state index in [1.54, 1.807) is 0 Å². The second-order valence-corrected chi connectivity index (χ2v) is 14.0. The number of benzene rings is 3. The van der Waals surface area contributed by atoms with Crippen molar-refractivity contribution < 1.29 is 81.7 Å². The average molecular weight is 821 g/mol. The minimum atomic E-state index is -5.36. The highest BCUT2D eigenvalue weighted by Crippen LogP contribution is 2.59. The van der Waals surface area contributed by atoms with Gasteiger partial charge in [-0.25, -0.2) is 9.80 Å². The summed E-state index contributed by atoms with van der Waals surface area (Å²) in [5.74, 6) is -14.2. The first-order valence-electron chi connectivity index (χ1n) is 16.7.